The van der Waals surface area contributed by atoms with Crippen LogP contribution in [0.3, 0.4) is 0 Å². The lowest BCUT2D eigenvalue weighted by atomic mass is 9.81. The number of nitrogens with zero attached hydrogens (tertiary/aromatic N) is 4. The molecular weight excluding hydrogens is 477 g/mol. The van der Waals surface area contributed by atoms with Gasteiger partial charge in [-0.2, -0.15) is 4.98 Å². The van der Waals surface area contributed by atoms with E-state index in [9.17, 15) is 14.0 Å². The van der Waals surface area contributed by atoms with Crippen LogP contribution in [0.1, 0.15) is 12.8 Å². The summed E-state index contributed by atoms with van der Waals surface area (Å²) < 4.78 is 14.8. The van der Waals surface area contributed by atoms with Gasteiger partial charge in [0.15, 0.2) is 11.6 Å². The summed E-state index contributed by atoms with van der Waals surface area (Å²) in [7, 11) is 2.10. The zero-order chi connectivity index (χ0) is 25.7. The molecule has 0 spiro atoms. The zero-order valence-corrected chi connectivity index (χ0v) is 20.7. The first-order chi connectivity index (χ1) is 17.9. The van der Waals surface area contributed by atoms with E-state index in [0.717, 1.165) is 50.9 Å². The lowest BCUT2D eigenvalue weighted by molar-refractivity contribution is -0.124. The van der Waals surface area contributed by atoms with Crippen LogP contribution in [0.4, 0.5) is 33.2 Å². The van der Waals surface area contributed by atoms with Gasteiger partial charge in [-0.05, 0) is 49.9 Å². The predicted octanol–water partition coefficient (Wildman–Crippen LogP) is 0.943. The lowest BCUT2D eigenvalue weighted by Gasteiger charge is -2.35. The number of hydrogen-bond donors (Lipinski definition) is 5. The number of halogens is 1. The third kappa shape index (κ3) is 4.55. The first-order valence-electron chi connectivity index (χ1n) is 12.8. The smallest absolute Gasteiger partial charge is 0.238 e. The maximum atomic E-state index is 14.8. The van der Waals surface area contributed by atoms with Gasteiger partial charge in [0.1, 0.15) is 0 Å². The fourth-order valence-electron chi connectivity index (χ4n) is 6.47. The average Bonchev–Trinajstić information content (AvgIpc) is 3.44. The monoisotopic (exact) mass is 509 g/mol. The standard InChI is InChI=1S/C25H32FN9O2/c1-34-4-6-35(7-5-34)19-3-2-14-10-18(19)31-20(36)12-28-17-9-13-8-15(17)22(21(13)23(27)37)32-24-16(26)11-29-25(30-14)33-24/h2-3,10-11,13,15,17,21-22,28H,4-9,12H2,1H3,(H2,27,37)(H,31,36)(H2,29,30,32,33)/t13-,15+,17+,21-,22+/m0/s1. The van der Waals surface area contributed by atoms with E-state index in [4.69, 9.17) is 5.73 Å². The van der Waals surface area contributed by atoms with Crippen molar-refractivity contribution in [2.75, 3.05) is 60.6 Å². The number of anilines is 5. The molecule has 3 fully saturated rings. The summed E-state index contributed by atoms with van der Waals surface area (Å²) in [6, 6.07) is 5.33. The van der Waals surface area contributed by atoms with Crippen LogP contribution in [0, 0.1) is 23.6 Å². The third-order valence-electron chi connectivity index (χ3n) is 8.28. The molecule has 196 valence electrons. The van der Waals surface area contributed by atoms with Gasteiger partial charge in [0.25, 0.3) is 0 Å². The molecule has 0 unspecified atom stereocenters. The summed E-state index contributed by atoms with van der Waals surface area (Å²) in [4.78, 5) is 38.4. The van der Waals surface area contributed by atoms with Crippen LogP contribution in [-0.2, 0) is 9.59 Å². The Morgan fingerprint density at radius 1 is 1.16 bits per heavy atom. The van der Waals surface area contributed by atoms with Crippen molar-refractivity contribution < 1.29 is 14.0 Å². The second-order valence-electron chi connectivity index (χ2n) is 10.6. The maximum absolute atomic E-state index is 14.8. The van der Waals surface area contributed by atoms with Crippen LogP contribution in [0.25, 0.3) is 0 Å². The van der Waals surface area contributed by atoms with E-state index in [-0.39, 0.29) is 48.1 Å². The van der Waals surface area contributed by atoms with Crippen molar-refractivity contribution in [3.63, 3.8) is 0 Å². The highest BCUT2D eigenvalue weighted by molar-refractivity contribution is 5.96. The van der Waals surface area contributed by atoms with Gasteiger partial charge < -0.3 is 36.8 Å². The summed E-state index contributed by atoms with van der Waals surface area (Å²) in [6.45, 7) is 3.71. The van der Waals surface area contributed by atoms with E-state index in [2.05, 4.69) is 48.1 Å². The summed E-state index contributed by atoms with van der Waals surface area (Å²) in [5.41, 5.74) is 8.05. The molecule has 12 heteroatoms. The van der Waals surface area contributed by atoms with Crippen LogP contribution < -0.4 is 31.9 Å². The Hall–Kier alpha value is -3.51. The van der Waals surface area contributed by atoms with Gasteiger partial charge >= 0.3 is 0 Å². The Kier molecular flexibility index (Phi) is 6.07. The molecule has 4 aliphatic rings. The number of rotatable bonds is 2. The van der Waals surface area contributed by atoms with Crippen LogP contribution in [-0.4, -0.2) is 78.5 Å². The molecule has 3 heterocycles. The number of aromatic nitrogens is 2. The number of hydrogen-bond acceptors (Lipinski definition) is 9. The number of piperazine rings is 1. The quantitative estimate of drug-likeness (QED) is 0.400. The van der Waals surface area contributed by atoms with Gasteiger partial charge in [-0.15, -0.1) is 0 Å². The van der Waals surface area contributed by atoms with E-state index in [1.165, 1.54) is 0 Å². The molecule has 37 heavy (non-hydrogen) atoms. The number of primary amides is 1. The fraction of sp³-hybridized carbons (Fsp3) is 0.520. The Morgan fingerprint density at radius 2 is 1.97 bits per heavy atom. The van der Waals surface area contributed by atoms with Gasteiger partial charge in [0.2, 0.25) is 17.8 Å². The SMILES string of the molecule is CN1CCN(c2ccc3cc2NC(=O)CN[C@@H]2C[C@@H]4C[C@H]2[C@@H](Nc2nc(ncc2F)N3)[C@H]4C(N)=O)CC1. The second kappa shape index (κ2) is 9.42. The molecule has 6 N–H and O–H groups in total. The van der Waals surface area contributed by atoms with Gasteiger partial charge in [0.05, 0.1) is 30.0 Å². The molecule has 6 bridgehead atoms. The summed E-state index contributed by atoms with van der Waals surface area (Å²) in [5, 5.41) is 12.8. The van der Waals surface area contributed by atoms with Crippen LogP contribution in [0.2, 0.25) is 0 Å². The van der Waals surface area contributed by atoms with Crippen molar-refractivity contribution in [3.8, 4) is 0 Å². The highest BCUT2D eigenvalue weighted by atomic mass is 19.1. The molecule has 2 aliphatic heterocycles. The number of nitrogens with two attached hydrogens (primary N) is 1. The van der Waals surface area contributed by atoms with Crippen molar-refractivity contribution in [2.24, 2.45) is 23.5 Å². The minimum atomic E-state index is -0.603. The predicted molar refractivity (Wildman–Crippen MR) is 138 cm³/mol. The Morgan fingerprint density at radius 3 is 2.76 bits per heavy atom. The molecule has 0 radical (unpaired) electrons. The number of fused-ring (bicyclic) bond motifs is 5. The topological polar surface area (TPSA) is 141 Å². The minimum absolute atomic E-state index is 0.0000849. The number of carbonyl (C=O) groups is 2. The van der Waals surface area contributed by atoms with Crippen molar-refractivity contribution in [1.82, 2.24) is 20.2 Å². The second-order valence-corrected chi connectivity index (χ2v) is 10.6. The number of likely N-dealkylation sites (N-methyl/N-ethyl adjacent to an activating group) is 1. The number of amides is 2. The molecule has 11 nitrogen and oxygen atoms in total. The van der Waals surface area contributed by atoms with Crippen LogP contribution in [0.15, 0.2) is 24.4 Å². The van der Waals surface area contributed by atoms with Crippen LogP contribution in [0.5, 0.6) is 0 Å². The van der Waals surface area contributed by atoms with Gasteiger partial charge in [-0.25, -0.2) is 9.37 Å². The Bertz CT molecular complexity index is 1220. The highest BCUT2D eigenvalue weighted by Gasteiger charge is 2.55. The van der Waals surface area contributed by atoms with E-state index in [0.29, 0.717) is 11.4 Å². The van der Waals surface area contributed by atoms with Crippen molar-refractivity contribution in [1.29, 1.82) is 0 Å². The first-order valence-corrected chi connectivity index (χ1v) is 12.8. The zero-order valence-electron chi connectivity index (χ0n) is 20.7. The molecule has 2 saturated carbocycles. The lowest BCUT2D eigenvalue weighted by Crippen LogP contribution is -2.51. The van der Waals surface area contributed by atoms with E-state index < -0.39 is 17.6 Å². The largest absolute Gasteiger partial charge is 0.369 e. The van der Waals surface area contributed by atoms with Crippen molar-refractivity contribution in [3.05, 3.63) is 30.2 Å². The molecule has 6 rings (SSSR count). The van der Waals surface area contributed by atoms with Crippen molar-refractivity contribution in [2.45, 2.75) is 24.9 Å². The number of benzene rings is 1. The van der Waals surface area contributed by atoms with Crippen molar-refractivity contribution >= 4 is 40.6 Å². The summed E-state index contributed by atoms with van der Waals surface area (Å²) in [6.07, 6.45) is 2.63. The molecule has 2 aromatic rings. The normalized spacial score (nSPS) is 29.5. The molecule has 1 aromatic carbocycles. The van der Waals surface area contributed by atoms with Gasteiger partial charge in [-0.1, -0.05) is 0 Å². The molecule has 2 aliphatic carbocycles. The molecule has 2 amide bonds. The minimum Gasteiger partial charge on any atom is -0.369 e. The maximum Gasteiger partial charge on any atom is 0.238 e. The van der Waals surface area contributed by atoms with E-state index >= 15 is 0 Å². The van der Waals surface area contributed by atoms with E-state index in [1.54, 1.807) is 0 Å². The third-order valence-corrected chi connectivity index (χ3v) is 8.28. The number of nitrogens with one attached hydrogen (secondary N) is 4. The fourth-order valence-corrected chi connectivity index (χ4v) is 6.47. The van der Waals surface area contributed by atoms with E-state index in [1.807, 2.05) is 18.2 Å². The molecule has 1 aromatic heterocycles. The van der Waals surface area contributed by atoms with Gasteiger partial charge in [0, 0.05) is 44.0 Å². The van der Waals surface area contributed by atoms with Gasteiger partial charge in [-0.3, -0.25) is 9.59 Å². The highest BCUT2D eigenvalue weighted by Crippen LogP contribution is 2.49. The Labute approximate surface area is 214 Å². The van der Waals surface area contributed by atoms with Crippen LogP contribution >= 0.6 is 0 Å². The molecule has 5 atom stereocenters. The molecule has 1 saturated heterocycles. The molecular formula is C25H32FN9O2. The average molecular weight is 510 g/mol. The number of carbonyl (C=O) groups excluding carboxylic acids is 2. The Balaban J connectivity index is 1.35. The first kappa shape index (κ1) is 23.9. The summed E-state index contributed by atoms with van der Waals surface area (Å²) in [5.74, 6) is -1.28. The summed E-state index contributed by atoms with van der Waals surface area (Å²) >= 11 is 0.